The molecule has 1 aliphatic heterocycles. The summed E-state index contributed by atoms with van der Waals surface area (Å²) in [5, 5.41) is 0. The third kappa shape index (κ3) is 2.72. The van der Waals surface area contributed by atoms with Gasteiger partial charge in [0.25, 0.3) is 0 Å². The molecular formula is C15H22BNO. The number of likely N-dealkylation sites (tertiary alicyclic amines) is 1. The fourth-order valence-corrected chi connectivity index (χ4v) is 3.03. The molecule has 1 saturated heterocycles. The molecule has 0 spiro atoms. The third-order valence-electron chi connectivity index (χ3n) is 4.30. The Hall–Kier alpha value is -0.955. The lowest BCUT2D eigenvalue weighted by Crippen LogP contribution is -2.50. The molecule has 0 amide bonds. The Bertz CT molecular complexity index is 380. The van der Waals surface area contributed by atoms with E-state index in [2.05, 4.69) is 37.0 Å². The van der Waals surface area contributed by atoms with E-state index in [1.165, 1.54) is 50.7 Å². The van der Waals surface area contributed by atoms with Gasteiger partial charge in [-0.15, -0.1) is 0 Å². The standard InChI is InChI=1S/C15H22BNO/c16-12-4-6-14(7-5-12)18-15-10-13(11-15)17-8-2-1-3-9-17/h4-7,13,15H,1-3,8-11,16H2/t13-,15-. The molecule has 0 atom stereocenters. The van der Waals surface area contributed by atoms with Crippen molar-refractivity contribution in [2.24, 2.45) is 0 Å². The summed E-state index contributed by atoms with van der Waals surface area (Å²) in [4.78, 5) is 2.67. The molecule has 2 aliphatic rings. The summed E-state index contributed by atoms with van der Waals surface area (Å²) in [7, 11) is 2.11. The molecule has 1 aromatic carbocycles. The van der Waals surface area contributed by atoms with Crippen LogP contribution in [0.25, 0.3) is 0 Å². The molecule has 0 N–H and O–H groups in total. The van der Waals surface area contributed by atoms with Crippen molar-refractivity contribution in [1.82, 2.24) is 4.90 Å². The highest BCUT2D eigenvalue weighted by Gasteiger charge is 2.35. The lowest BCUT2D eigenvalue weighted by atomic mass is 9.86. The highest BCUT2D eigenvalue weighted by molar-refractivity contribution is 6.32. The Balaban J connectivity index is 1.46. The zero-order valence-electron chi connectivity index (χ0n) is 11.3. The van der Waals surface area contributed by atoms with Crippen molar-refractivity contribution in [2.75, 3.05) is 13.1 Å². The molecule has 3 rings (SSSR count). The molecule has 0 unspecified atom stereocenters. The van der Waals surface area contributed by atoms with Crippen LogP contribution in [0, 0.1) is 0 Å². The summed E-state index contributed by atoms with van der Waals surface area (Å²) in [5.74, 6) is 1.03. The second-order valence-corrected chi connectivity index (χ2v) is 5.77. The zero-order valence-corrected chi connectivity index (χ0v) is 11.3. The number of benzene rings is 1. The number of hydrogen-bond acceptors (Lipinski definition) is 2. The fraction of sp³-hybridized carbons (Fsp3) is 0.600. The molecule has 0 bridgehead atoms. The van der Waals surface area contributed by atoms with Gasteiger partial charge >= 0.3 is 0 Å². The predicted molar refractivity (Wildman–Crippen MR) is 77.5 cm³/mol. The smallest absolute Gasteiger partial charge is 0.139 e. The largest absolute Gasteiger partial charge is 0.490 e. The minimum atomic E-state index is 0.444. The summed E-state index contributed by atoms with van der Waals surface area (Å²) in [6, 6.07) is 9.21. The molecule has 0 radical (unpaired) electrons. The fourth-order valence-electron chi connectivity index (χ4n) is 3.03. The predicted octanol–water partition coefficient (Wildman–Crippen LogP) is 1.34. The van der Waals surface area contributed by atoms with Gasteiger partial charge in [0, 0.05) is 18.9 Å². The van der Waals surface area contributed by atoms with E-state index < -0.39 is 0 Å². The first kappa shape index (κ1) is 12.1. The van der Waals surface area contributed by atoms with E-state index in [0.717, 1.165) is 11.8 Å². The van der Waals surface area contributed by atoms with Gasteiger partial charge in [-0.05, 0) is 38.1 Å². The van der Waals surface area contributed by atoms with Gasteiger partial charge in [0.15, 0.2) is 0 Å². The number of piperidine rings is 1. The lowest BCUT2D eigenvalue weighted by Gasteiger charge is -2.44. The molecule has 0 aromatic heterocycles. The van der Waals surface area contributed by atoms with Crippen LogP contribution in [0.1, 0.15) is 32.1 Å². The average Bonchev–Trinajstić information content (AvgIpc) is 2.36. The van der Waals surface area contributed by atoms with Crippen LogP contribution in [0.15, 0.2) is 24.3 Å². The quantitative estimate of drug-likeness (QED) is 0.743. The van der Waals surface area contributed by atoms with Crippen LogP contribution in [0.3, 0.4) is 0 Å². The summed E-state index contributed by atoms with van der Waals surface area (Å²) in [6.45, 7) is 2.61. The molecule has 2 nitrogen and oxygen atoms in total. The maximum absolute atomic E-state index is 6.00. The molecule has 3 heteroatoms. The van der Waals surface area contributed by atoms with E-state index >= 15 is 0 Å². The molecule has 1 heterocycles. The molecule has 18 heavy (non-hydrogen) atoms. The van der Waals surface area contributed by atoms with Crippen LogP contribution >= 0.6 is 0 Å². The van der Waals surface area contributed by atoms with Gasteiger partial charge in [0.2, 0.25) is 0 Å². The average molecular weight is 243 g/mol. The van der Waals surface area contributed by atoms with Gasteiger partial charge in [-0.1, -0.05) is 24.0 Å². The highest BCUT2D eigenvalue weighted by atomic mass is 16.5. The van der Waals surface area contributed by atoms with Crippen LogP contribution in [0.5, 0.6) is 5.75 Å². The third-order valence-corrected chi connectivity index (χ3v) is 4.30. The van der Waals surface area contributed by atoms with Gasteiger partial charge in [0.1, 0.15) is 19.7 Å². The van der Waals surface area contributed by atoms with Crippen LogP contribution in [-0.2, 0) is 0 Å². The Morgan fingerprint density at radius 3 is 2.33 bits per heavy atom. The normalized spacial score (nSPS) is 28.7. The first-order valence-electron chi connectivity index (χ1n) is 7.28. The van der Waals surface area contributed by atoms with Gasteiger partial charge in [-0.3, -0.25) is 0 Å². The number of nitrogens with zero attached hydrogens (tertiary/aromatic N) is 1. The van der Waals surface area contributed by atoms with E-state index in [0.29, 0.717) is 6.10 Å². The van der Waals surface area contributed by atoms with Crippen molar-refractivity contribution in [1.29, 1.82) is 0 Å². The van der Waals surface area contributed by atoms with Crippen LogP contribution in [0.4, 0.5) is 0 Å². The van der Waals surface area contributed by atoms with Crippen LogP contribution < -0.4 is 10.2 Å². The van der Waals surface area contributed by atoms with Gasteiger partial charge in [-0.2, -0.15) is 0 Å². The monoisotopic (exact) mass is 243 g/mol. The van der Waals surface area contributed by atoms with Crippen LogP contribution in [0.2, 0.25) is 0 Å². The van der Waals surface area contributed by atoms with E-state index in [4.69, 9.17) is 4.74 Å². The number of ether oxygens (including phenoxy) is 1. The Labute approximate surface area is 111 Å². The van der Waals surface area contributed by atoms with Crippen molar-refractivity contribution < 1.29 is 4.74 Å². The van der Waals surface area contributed by atoms with E-state index in [1.54, 1.807) is 0 Å². The van der Waals surface area contributed by atoms with Gasteiger partial charge < -0.3 is 9.64 Å². The minimum absolute atomic E-state index is 0.444. The van der Waals surface area contributed by atoms with Crippen molar-refractivity contribution in [3.05, 3.63) is 24.3 Å². The van der Waals surface area contributed by atoms with Crippen molar-refractivity contribution >= 4 is 13.3 Å². The highest BCUT2D eigenvalue weighted by Crippen LogP contribution is 2.31. The summed E-state index contributed by atoms with van der Waals surface area (Å²) in [5.41, 5.74) is 1.29. The molecule has 1 aliphatic carbocycles. The Kier molecular flexibility index (Phi) is 3.60. The van der Waals surface area contributed by atoms with E-state index in [1.807, 2.05) is 0 Å². The first-order valence-corrected chi connectivity index (χ1v) is 7.28. The second-order valence-electron chi connectivity index (χ2n) is 5.77. The molecular weight excluding hydrogens is 221 g/mol. The topological polar surface area (TPSA) is 12.5 Å². The maximum Gasteiger partial charge on any atom is 0.139 e. The number of hydrogen-bond donors (Lipinski definition) is 0. The Morgan fingerprint density at radius 1 is 1.00 bits per heavy atom. The van der Waals surface area contributed by atoms with E-state index in [9.17, 15) is 0 Å². The maximum atomic E-state index is 6.00. The summed E-state index contributed by atoms with van der Waals surface area (Å²) in [6.07, 6.45) is 7.08. The summed E-state index contributed by atoms with van der Waals surface area (Å²) < 4.78 is 6.00. The Morgan fingerprint density at radius 2 is 1.67 bits per heavy atom. The van der Waals surface area contributed by atoms with Gasteiger partial charge in [0.05, 0.1) is 0 Å². The molecule has 1 aromatic rings. The van der Waals surface area contributed by atoms with Crippen LogP contribution in [-0.4, -0.2) is 38.0 Å². The van der Waals surface area contributed by atoms with E-state index in [-0.39, 0.29) is 0 Å². The van der Waals surface area contributed by atoms with Crippen molar-refractivity contribution in [3.63, 3.8) is 0 Å². The second kappa shape index (κ2) is 5.35. The zero-order chi connectivity index (χ0) is 12.4. The lowest BCUT2D eigenvalue weighted by molar-refractivity contribution is 0.00893. The minimum Gasteiger partial charge on any atom is -0.490 e. The molecule has 2 fully saturated rings. The molecule has 96 valence electrons. The first-order chi connectivity index (χ1) is 8.81. The van der Waals surface area contributed by atoms with Crippen molar-refractivity contribution in [3.8, 4) is 5.75 Å². The van der Waals surface area contributed by atoms with Gasteiger partial charge in [-0.25, -0.2) is 0 Å². The van der Waals surface area contributed by atoms with Crippen molar-refractivity contribution in [2.45, 2.75) is 44.2 Å². The summed E-state index contributed by atoms with van der Waals surface area (Å²) >= 11 is 0. The molecule has 1 saturated carbocycles. The number of rotatable bonds is 3. The SMILES string of the molecule is Bc1ccc(O[C@H]2C[C@H](N3CCCCC3)C2)cc1.